The molecule has 1 saturated carbocycles. The second-order valence-electron chi connectivity index (χ2n) is 5.85. The van der Waals surface area contributed by atoms with Gasteiger partial charge in [0.1, 0.15) is 0 Å². The lowest BCUT2D eigenvalue weighted by Crippen LogP contribution is -2.51. The van der Waals surface area contributed by atoms with Gasteiger partial charge in [-0.1, -0.05) is 0 Å². The molecule has 3 rings (SSSR count). The van der Waals surface area contributed by atoms with E-state index in [2.05, 4.69) is 0 Å². The van der Waals surface area contributed by atoms with Crippen LogP contribution >= 0.6 is 10.7 Å². The number of carbonyl (C=O) groups excluding carboxylic acids is 2. The van der Waals surface area contributed by atoms with E-state index in [0.29, 0.717) is 31.7 Å². The zero-order valence-corrected chi connectivity index (χ0v) is 14.0. The summed E-state index contributed by atoms with van der Waals surface area (Å²) in [4.78, 5) is 27.9. The first kappa shape index (κ1) is 16.3. The van der Waals surface area contributed by atoms with E-state index in [-0.39, 0.29) is 22.6 Å². The Hall–Kier alpha value is -1.60. The van der Waals surface area contributed by atoms with Crippen LogP contribution in [0.5, 0.6) is 0 Å². The van der Waals surface area contributed by atoms with Gasteiger partial charge in [0.25, 0.3) is 15.0 Å². The van der Waals surface area contributed by atoms with Gasteiger partial charge in [0.05, 0.1) is 4.90 Å². The molecule has 1 heterocycles. The van der Waals surface area contributed by atoms with Crippen LogP contribution in [0.1, 0.15) is 23.2 Å². The van der Waals surface area contributed by atoms with Gasteiger partial charge in [-0.2, -0.15) is 0 Å². The molecule has 0 N–H and O–H groups in total. The summed E-state index contributed by atoms with van der Waals surface area (Å²) in [6.45, 7) is 2.09. The summed E-state index contributed by atoms with van der Waals surface area (Å²) in [6.07, 6.45) is 1.96. The van der Waals surface area contributed by atoms with Gasteiger partial charge in [0.15, 0.2) is 0 Å². The van der Waals surface area contributed by atoms with Crippen molar-refractivity contribution in [1.29, 1.82) is 0 Å². The van der Waals surface area contributed by atoms with Gasteiger partial charge in [-0.25, -0.2) is 8.42 Å². The average molecular weight is 357 g/mol. The van der Waals surface area contributed by atoms with Gasteiger partial charge in [-0.05, 0) is 37.1 Å². The highest BCUT2D eigenvalue weighted by atomic mass is 35.7. The van der Waals surface area contributed by atoms with Gasteiger partial charge in [-0.3, -0.25) is 9.59 Å². The number of carbonyl (C=O) groups is 2. The zero-order valence-electron chi connectivity index (χ0n) is 12.4. The van der Waals surface area contributed by atoms with Crippen LogP contribution in [-0.2, 0) is 13.8 Å². The SMILES string of the molecule is O=C(c1ccc(S(=O)(=O)Cl)cc1)N1CCN(C(=O)C2CC2)CC1. The number of rotatable bonds is 3. The molecule has 2 aliphatic rings. The van der Waals surface area contributed by atoms with Gasteiger partial charge in [0, 0.05) is 48.3 Å². The van der Waals surface area contributed by atoms with Crippen molar-refractivity contribution in [3.63, 3.8) is 0 Å². The minimum Gasteiger partial charge on any atom is -0.339 e. The minimum absolute atomic E-state index is 0.0319. The van der Waals surface area contributed by atoms with E-state index in [1.165, 1.54) is 24.3 Å². The minimum atomic E-state index is -3.79. The fraction of sp³-hybridized carbons (Fsp3) is 0.467. The molecule has 8 heteroatoms. The number of halogens is 1. The van der Waals surface area contributed by atoms with Crippen LogP contribution in [0.4, 0.5) is 0 Å². The Bertz CT molecular complexity index is 720. The highest BCUT2D eigenvalue weighted by molar-refractivity contribution is 8.13. The first-order valence-electron chi connectivity index (χ1n) is 7.49. The highest BCUT2D eigenvalue weighted by Crippen LogP contribution is 2.31. The summed E-state index contributed by atoms with van der Waals surface area (Å²) in [5.74, 6) is 0.234. The van der Waals surface area contributed by atoms with Crippen molar-refractivity contribution >= 4 is 31.5 Å². The Morgan fingerprint density at radius 2 is 1.48 bits per heavy atom. The standard InChI is InChI=1S/C15H17ClN2O4S/c16-23(21,22)13-5-3-12(4-6-13)15(20)18-9-7-17(8-10-18)14(19)11-1-2-11/h3-6,11H,1-2,7-10H2. The molecule has 1 aliphatic carbocycles. The summed E-state index contributed by atoms with van der Waals surface area (Å²) in [5.41, 5.74) is 0.413. The summed E-state index contributed by atoms with van der Waals surface area (Å²) in [7, 11) is 1.47. The molecule has 1 saturated heterocycles. The predicted octanol–water partition coefficient (Wildman–Crippen LogP) is 1.31. The Morgan fingerprint density at radius 3 is 1.96 bits per heavy atom. The van der Waals surface area contributed by atoms with Crippen LogP contribution in [0.25, 0.3) is 0 Å². The number of piperazine rings is 1. The zero-order chi connectivity index (χ0) is 16.6. The van der Waals surface area contributed by atoms with E-state index in [0.717, 1.165) is 12.8 Å². The molecule has 1 aromatic rings. The maximum absolute atomic E-state index is 12.4. The largest absolute Gasteiger partial charge is 0.339 e. The summed E-state index contributed by atoms with van der Waals surface area (Å²) in [5, 5.41) is 0. The van der Waals surface area contributed by atoms with Gasteiger partial charge >= 0.3 is 0 Å². The third-order valence-corrected chi connectivity index (χ3v) is 5.56. The molecule has 2 amide bonds. The summed E-state index contributed by atoms with van der Waals surface area (Å²) < 4.78 is 22.4. The number of benzene rings is 1. The Balaban J connectivity index is 1.62. The predicted molar refractivity (Wildman–Crippen MR) is 84.7 cm³/mol. The molecule has 0 atom stereocenters. The summed E-state index contributed by atoms with van der Waals surface area (Å²) >= 11 is 0. The maximum Gasteiger partial charge on any atom is 0.261 e. The van der Waals surface area contributed by atoms with E-state index in [1.54, 1.807) is 4.90 Å². The van der Waals surface area contributed by atoms with Crippen LogP contribution in [-0.4, -0.2) is 56.2 Å². The van der Waals surface area contributed by atoms with Gasteiger partial charge in [0.2, 0.25) is 5.91 Å². The van der Waals surface area contributed by atoms with Crippen molar-refractivity contribution in [2.45, 2.75) is 17.7 Å². The fourth-order valence-corrected chi connectivity index (χ4v) is 3.43. The smallest absolute Gasteiger partial charge is 0.261 e. The van der Waals surface area contributed by atoms with Crippen LogP contribution in [0.2, 0.25) is 0 Å². The van der Waals surface area contributed by atoms with E-state index in [9.17, 15) is 18.0 Å². The lowest BCUT2D eigenvalue weighted by Gasteiger charge is -2.35. The lowest BCUT2D eigenvalue weighted by molar-refractivity contribution is -0.134. The monoisotopic (exact) mass is 356 g/mol. The first-order valence-corrected chi connectivity index (χ1v) is 9.80. The molecule has 0 bridgehead atoms. The number of nitrogens with zero attached hydrogens (tertiary/aromatic N) is 2. The highest BCUT2D eigenvalue weighted by Gasteiger charge is 2.35. The Morgan fingerprint density at radius 1 is 0.957 bits per heavy atom. The summed E-state index contributed by atoms with van der Waals surface area (Å²) in [6, 6.07) is 5.56. The van der Waals surface area contributed by atoms with Crippen LogP contribution in [0.3, 0.4) is 0 Å². The van der Waals surface area contributed by atoms with Crippen LogP contribution in [0, 0.1) is 5.92 Å². The Labute approximate surface area is 139 Å². The second kappa shape index (κ2) is 6.13. The molecule has 0 radical (unpaired) electrons. The molecule has 2 fully saturated rings. The van der Waals surface area contributed by atoms with E-state index < -0.39 is 9.05 Å². The van der Waals surface area contributed by atoms with Gasteiger partial charge in [-0.15, -0.1) is 0 Å². The molecular weight excluding hydrogens is 340 g/mol. The number of hydrogen-bond donors (Lipinski definition) is 0. The van der Waals surface area contributed by atoms with Crippen molar-refractivity contribution in [2.75, 3.05) is 26.2 Å². The van der Waals surface area contributed by atoms with Crippen molar-refractivity contribution in [2.24, 2.45) is 5.92 Å². The molecule has 0 aromatic heterocycles. The average Bonchev–Trinajstić information content (AvgIpc) is 3.38. The first-order chi connectivity index (χ1) is 10.9. The van der Waals surface area contributed by atoms with E-state index in [1.807, 2.05) is 4.90 Å². The van der Waals surface area contributed by atoms with E-state index >= 15 is 0 Å². The maximum atomic E-state index is 12.4. The molecule has 1 aliphatic heterocycles. The fourth-order valence-electron chi connectivity index (χ4n) is 2.66. The van der Waals surface area contributed by atoms with Crippen molar-refractivity contribution in [1.82, 2.24) is 9.80 Å². The number of amides is 2. The molecule has 23 heavy (non-hydrogen) atoms. The van der Waals surface area contributed by atoms with Crippen molar-refractivity contribution in [3.05, 3.63) is 29.8 Å². The Kier molecular flexibility index (Phi) is 4.33. The lowest BCUT2D eigenvalue weighted by atomic mass is 10.2. The van der Waals surface area contributed by atoms with Gasteiger partial charge < -0.3 is 9.80 Å². The molecule has 6 nitrogen and oxygen atoms in total. The van der Waals surface area contributed by atoms with E-state index in [4.69, 9.17) is 10.7 Å². The molecule has 0 spiro atoms. The van der Waals surface area contributed by atoms with Crippen molar-refractivity contribution < 1.29 is 18.0 Å². The molecule has 1 aromatic carbocycles. The van der Waals surface area contributed by atoms with Crippen LogP contribution < -0.4 is 0 Å². The number of hydrogen-bond acceptors (Lipinski definition) is 4. The quantitative estimate of drug-likeness (QED) is 0.765. The normalized spacial score (nSPS) is 18.8. The van der Waals surface area contributed by atoms with Crippen molar-refractivity contribution in [3.8, 4) is 0 Å². The molecular formula is C15H17ClN2O4S. The third kappa shape index (κ3) is 3.67. The molecule has 0 unspecified atom stereocenters. The second-order valence-corrected chi connectivity index (χ2v) is 8.42. The van der Waals surface area contributed by atoms with Crippen LogP contribution in [0.15, 0.2) is 29.2 Å². The molecule has 124 valence electrons. The topological polar surface area (TPSA) is 74.8 Å². The third-order valence-electron chi connectivity index (χ3n) is 4.19.